The van der Waals surface area contributed by atoms with Crippen molar-refractivity contribution >= 4 is 5.97 Å². The zero-order chi connectivity index (χ0) is 7.28. The van der Waals surface area contributed by atoms with Gasteiger partial charge < -0.3 is 4.74 Å². The summed E-state index contributed by atoms with van der Waals surface area (Å²) >= 11 is 0. The Morgan fingerprint density at radius 2 is 2.22 bits per heavy atom. The van der Waals surface area contributed by atoms with Crippen LogP contribution in [0.25, 0.3) is 0 Å². The Morgan fingerprint density at radius 1 is 1.67 bits per heavy atom. The Morgan fingerprint density at radius 3 is 2.56 bits per heavy atom. The van der Waals surface area contributed by atoms with Gasteiger partial charge in [0.05, 0.1) is 19.1 Å². The van der Waals surface area contributed by atoms with Crippen molar-refractivity contribution in [3.8, 4) is 0 Å². The number of carbonyl (C=O) groups excluding carboxylic acids is 1. The monoisotopic (exact) mass is 131 g/mol. The van der Waals surface area contributed by atoms with Gasteiger partial charge in [-0.15, -0.1) is 0 Å². The summed E-state index contributed by atoms with van der Waals surface area (Å²) in [5, 5.41) is 10.0. The molecule has 0 rings (SSSR count). The largest absolute Gasteiger partial charge is 0.466 e. The summed E-state index contributed by atoms with van der Waals surface area (Å²) in [5.41, 5.74) is 0. The minimum absolute atomic E-state index is 0.350. The molecule has 0 fully saturated rings. The molecule has 0 aliphatic carbocycles. The summed E-state index contributed by atoms with van der Waals surface area (Å²) in [4.78, 5) is 10.6. The SMILES string of the molecule is CCOC(=O)C(C)C[O]. The van der Waals surface area contributed by atoms with Crippen LogP contribution in [0.5, 0.6) is 0 Å². The van der Waals surface area contributed by atoms with E-state index in [1.807, 2.05) is 0 Å². The fourth-order valence-electron chi connectivity index (χ4n) is 0.353. The molecule has 0 N–H and O–H groups in total. The highest BCUT2D eigenvalue weighted by Crippen LogP contribution is 1.95. The molecule has 0 amide bonds. The Balaban J connectivity index is 3.46. The van der Waals surface area contributed by atoms with Crippen LogP contribution in [0, 0.1) is 5.92 Å². The van der Waals surface area contributed by atoms with Crippen molar-refractivity contribution < 1.29 is 14.6 Å². The maximum atomic E-state index is 10.6. The third-order valence-corrected chi connectivity index (χ3v) is 0.939. The maximum Gasteiger partial charge on any atom is 0.311 e. The van der Waals surface area contributed by atoms with Crippen LogP contribution in [0.4, 0.5) is 0 Å². The molecule has 0 aliphatic heterocycles. The molecule has 0 saturated carbocycles. The molecule has 3 nitrogen and oxygen atoms in total. The van der Waals surface area contributed by atoms with Gasteiger partial charge in [-0.05, 0) is 13.8 Å². The fourth-order valence-corrected chi connectivity index (χ4v) is 0.353. The van der Waals surface area contributed by atoms with Crippen LogP contribution in [-0.2, 0) is 14.6 Å². The highest BCUT2D eigenvalue weighted by atomic mass is 16.5. The third kappa shape index (κ3) is 3.08. The quantitative estimate of drug-likeness (QED) is 0.527. The molecule has 0 bridgehead atoms. The van der Waals surface area contributed by atoms with Gasteiger partial charge in [-0.25, -0.2) is 5.11 Å². The minimum Gasteiger partial charge on any atom is -0.466 e. The molecule has 9 heavy (non-hydrogen) atoms. The summed E-state index contributed by atoms with van der Waals surface area (Å²) < 4.78 is 4.56. The van der Waals surface area contributed by atoms with Crippen LogP contribution < -0.4 is 0 Å². The lowest BCUT2D eigenvalue weighted by Gasteiger charge is -2.04. The van der Waals surface area contributed by atoms with E-state index in [1.54, 1.807) is 13.8 Å². The van der Waals surface area contributed by atoms with E-state index in [9.17, 15) is 9.90 Å². The average Bonchev–Trinajstić information content (AvgIpc) is 1.87. The molecule has 0 aromatic carbocycles. The predicted molar refractivity (Wildman–Crippen MR) is 31.4 cm³/mol. The van der Waals surface area contributed by atoms with Gasteiger partial charge in [0.25, 0.3) is 0 Å². The van der Waals surface area contributed by atoms with Crippen molar-refractivity contribution in [3.63, 3.8) is 0 Å². The highest BCUT2D eigenvalue weighted by molar-refractivity contribution is 5.71. The van der Waals surface area contributed by atoms with Gasteiger partial charge in [-0.1, -0.05) is 0 Å². The van der Waals surface area contributed by atoms with Crippen LogP contribution >= 0.6 is 0 Å². The van der Waals surface area contributed by atoms with E-state index in [2.05, 4.69) is 4.74 Å². The van der Waals surface area contributed by atoms with E-state index in [0.717, 1.165) is 0 Å². The molecule has 0 aromatic heterocycles. The van der Waals surface area contributed by atoms with Crippen molar-refractivity contribution in [1.82, 2.24) is 0 Å². The summed E-state index contributed by atoms with van der Waals surface area (Å²) in [7, 11) is 0. The van der Waals surface area contributed by atoms with E-state index in [0.29, 0.717) is 6.61 Å². The smallest absolute Gasteiger partial charge is 0.311 e. The molecule has 0 spiro atoms. The molecule has 0 heterocycles. The molecule has 0 aliphatic rings. The van der Waals surface area contributed by atoms with Gasteiger partial charge >= 0.3 is 5.97 Å². The van der Waals surface area contributed by atoms with Crippen LogP contribution in [0.1, 0.15) is 13.8 Å². The lowest BCUT2D eigenvalue weighted by Crippen LogP contribution is -2.17. The van der Waals surface area contributed by atoms with Crippen molar-refractivity contribution in [2.24, 2.45) is 5.92 Å². The van der Waals surface area contributed by atoms with E-state index in [-0.39, 0.29) is 0 Å². The molecular weight excluding hydrogens is 120 g/mol. The number of rotatable bonds is 3. The summed E-state index contributed by atoms with van der Waals surface area (Å²) in [5.74, 6) is -0.891. The van der Waals surface area contributed by atoms with E-state index >= 15 is 0 Å². The maximum absolute atomic E-state index is 10.6. The van der Waals surface area contributed by atoms with E-state index in [4.69, 9.17) is 0 Å². The molecule has 53 valence electrons. The van der Waals surface area contributed by atoms with Gasteiger partial charge in [-0.2, -0.15) is 0 Å². The molecule has 3 heteroatoms. The standard InChI is InChI=1S/C6H11O3/c1-3-9-6(8)5(2)4-7/h5H,3-4H2,1-2H3. The Labute approximate surface area is 54.6 Å². The van der Waals surface area contributed by atoms with Crippen LogP contribution in [0.15, 0.2) is 0 Å². The second-order valence-electron chi connectivity index (χ2n) is 1.82. The molecule has 0 aromatic rings. The van der Waals surface area contributed by atoms with Gasteiger partial charge in [0.1, 0.15) is 0 Å². The lowest BCUT2D eigenvalue weighted by atomic mass is 10.2. The van der Waals surface area contributed by atoms with Gasteiger partial charge in [-0.3, -0.25) is 4.79 Å². The average molecular weight is 131 g/mol. The minimum atomic E-state index is -0.495. The summed E-state index contributed by atoms with van der Waals surface area (Å²) in [6.07, 6.45) is 0. The second kappa shape index (κ2) is 4.32. The number of hydrogen-bond donors (Lipinski definition) is 0. The summed E-state index contributed by atoms with van der Waals surface area (Å²) in [6.45, 7) is 3.24. The third-order valence-electron chi connectivity index (χ3n) is 0.939. The van der Waals surface area contributed by atoms with Crippen LogP contribution in [0.3, 0.4) is 0 Å². The predicted octanol–water partition coefficient (Wildman–Crippen LogP) is 0.616. The number of ether oxygens (including phenoxy) is 1. The second-order valence-corrected chi connectivity index (χ2v) is 1.82. The Bertz CT molecular complexity index is 90.3. The number of hydrogen-bond acceptors (Lipinski definition) is 2. The van der Waals surface area contributed by atoms with Gasteiger partial charge in [0, 0.05) is 0 Å². The molecule has 1 radical (unpaired) electrons. The van der Waals surface area contributed by atoms with Gasteiger partial charge in [0.15, 0.2) is 0 Å². The zero-order valence-corrected chi connectivity index (χ0v) is 5.72. The fraction of sp³-hybridized carbons (Fsp3) is 0.833. The van der Waals surface area contributed by atoms with E-state index < -0.39 is 18.5 Å². The molecular formula is C6H11O3. The van der Waals surface area contributed by atoms with Crippen LogP contribution in [-0.4, -0.2) is 19.2 Å². The molecule has 1 atom stereocenters. The normalized spacial score (nSPS) is 12.8. The van der Waals surface area contributed by atoms with Crippen molar-refractivity contribution in [2.45, 2.75) is 13.8 Å². The lowest BCUT2D eigenvalue weighted by molar-refractivity contribution is -0.149. The first-order chi connectivity index (χ1) is 4.22. The number of esters is 1. The Kier molecular flexibility index (Phi) is 4.05. The van der Waals surface area contributed by atoms with Crippen molar-refractivity contribution in [1.29, 1.82) is 0 Å². The summed E-state index contributed by atoms with van der Waals surface area (Å²) in [6, 6.07) is 0. The first-order valence-corrected chi connectivity index (χ1v) is 2.97. The number of carbonyl (C=O) groups is 1. The zero-order valence-electron chi connectivity index (χ0n) is 5.72. The molecule has 1 unspecified atom stereocenters. The van der Waals surface area contributed by atoms with Crippen molar-refractivity contribution in [2.75, 3.05) is 13.2 Å². The topological polar surface area (TPSA) is 46.2 Å². The van der Waals surface area contributed by atoms with E-state index in [1.165, 1.54) is 0 Å². The Hall–Kier alpha value is -0.570. The first-order valence-electron chi connectivity index (χ1n) is 2.97. The first kappa shape index (κ1) is 8.43. The van der Waals surface area contributed by atoms with Gasteiger partial charge in [0.2, 0.25) is 0 Å². The molecule has 0 saturated heterocycles. The highest BCUT2D eigenvalue weighted by Gasteiger charge is 2.11. The van der Waals surface area contributed by atoms with Crippen LogP contribution in [0.2, 0.25) is 0 Å². The van der Waals surface area contributed by atoms with Crippen molar-refractivity contribution in [3.05, 3.63) is 0 Å².